The molecule has 0 spiro atoms. The minimum absolute atomic E-state index is 0.0164. The Labute approximate surface area is 165 Å². The van der Waals surface area contributed by atoms with Crippen LogP contribution in [-0.2, 0) is 16.0 Å². The second kappa shape index (κ2) is 9.44. The minimum atomic E-state index is -0.329. The number of nitrogens with one attached hydrogen (secondary N) is 1. The molecule has 1 saturated carbocycles. The number of amides is 2. The number of hydrogen-bond donors (Lipinski definition) is 1. The van der Waals surface area contributed by atoms with E-state index in [0.717, 1.165) is 24.8 Å². The van der Waals surface area contributed by atoms with Crippen molar-refractivity contribution in [3.05, 3.63) is 60.2 Å². The van der Waals surface area contributed by atoms with E-state index < -0.39 is 0 Å². The molecular weight excluding hydrogens is 357 g/mol. The summed E-state index contributed by atoms with van der Waals surface area (Å²) in [5.41, 5.74) is 1.76. The molecule has 1 N–H and O–H groups in total. The smallest absolute Gasteiger partial charge is 0.227 e. The third kappa shape index (κ3) is 5.38. The van der Waals surface area contributed by atoms with Gasteiger partial charge in [-0.25, -0.2) is 4.39 Å². The first kappa shape index (κ1) is 20.0. The molecule has 0 bridgehead atoms. The van der Waals surface area contributed by atoms with Gasteiger partial charge in [-0.15, -0.1) is 0 Å². The van der Waals surface area contributed by atoms with Gasteiger partial charge in [-0.1, -0.05) is 0 Å². The number of carbonyl (C=O) groups excluding carboxylic acids is 2. The number of benzene rings is 1. The standard InChI is InChI=1S/C22H26FN3O2/c1-26(15-12-16-10-13-24-14-11-16)22(28)18-4-2-17(3-5-18)21(27)25-20-8-6-19(23)7-9-20/h6-11,13-14,17-18H,2-5,12,15H2,1H3,(H,25,27). The van der Waals surface area contributed by atoms with Crippen LogP contribution in [0.5, 0.6) is 0 Å². The zero-order valence-corrected chi connectivity index (χ0v) is 16.1. The summed E-state index contributed by atoms with van der Waals surface area (Å²) in [5.74, 6) is -0.339. The molecule has 0 unspecified atom stereocenters. The van der Waals surface area contributed by atoms with Gasteiger partial charge in [0, 0.05) is 43.5 Å². The summed E-state index contributed by atoms with van der Waals surface area (Å²) in [6.45, 7) is 0.674. The maximum absolute atomic E-state index is 13.0. The number of rotatable bonds is 6. The molecule has 1 aromatic carbocycles. The Hall–Kier alpha value is -2.76. The van der Waals surface area contributed by atoms with E-state index in [4.69, 9.17) is 0 Å². The zero-order chi connectivity index (χ0) is 19.9. The number of halogens is 1. The van der Waals surface area contributed by atoms with Crippen LogP contribution in [0.25, 0.3) is 0 Å². The van der Waals surface area contributed by atoms with Gasteiger partial charge in [-0.3, -0.25) is 14.6 Å². The van der Waals surface area contributed by atoms with Crippen molar-refractivity contribution in [1.82, 2.24) is 9.88 Å². The van der Waals surface area contributed by atoms with Crippen molar-refractivity contribution in [2.75, 3.05) is 18.9 Å². The number of nitrogens with zero attached hydrogens (tertiary/aromatic N) is 2. The molecule has 0 atom stereocenters. The van der Waals surface area contributed by atoms with Crippen molar-refractivity contribution in [1.29, 1.82) is 0 Å². The van der Waals surface area contributed by atoms with E-state index in [2.05, 4.69) is 10.3 Å². The number of likely N-dealkylation sites (N-methyl/N-ethyl adjacent to an activating group) is 1. The van der Waals surface area contributed by atoms with Crippen LogP contribution in [0.3, 0.4) is 0 Å². The lowest BCUT2D eigenvalue weighted by atomic mass is 9.81. The van der Waals surface area contributed by atoms with Crippen LogP contribution in [0, 0.1) is 17.7 Å². The molecule has 1 fully saturated rings. The highest BCUT2D eigenvalue weighted by Gasteiger charge is 2.31. The van der Waals surface area contributed by atoms with Crippen LogP contribution in [0.15, 0.2) is 48.8 Å². The normalized spacial score (nSPS) is 19.1. The molecule has 0 saturated heterocycles. The van der Waals surface area contributed by atoms with Crippen molar-refractivity contribution >= 4 is 17.5 Å². The van der Waals surface area contributed by atoms with Gasteiger partial charge in [0.2, 0.25) is 11.8 Å². The van der Waals surface area contributed by atoms with Gasteiger partial charge in [0.15, 0.2) is 0 Å². The van der Waals surface area contributed by atoms with E-state index in [1.54, 1.807) is 29.4 Å². The van der Waals surface area contributed by atoms with E-state index >= 15 is 0 Å². The molecule has 6 heteroatoms. The van der Waals surface area contributed by atoms with E-state index in [0.29, 0.717) is 25.1 Å². The third-order valence-electron chi connectivity index (χ3n) is 5.42. The van der Waals surface area contributed by atoms with Crippen molar-refractivity contribution in [2.45, 2.75) is 32.1 Å². The van der Waals surface area contributed by atoms with E-state index in [1.807, 2.05) is 19.2 Å². The predicted molar refractivity (Wildman–Crippen MR) is 106 cm³/mol. The van der Waals surface area contributed by atoms with E-state index in [1.165, 1.54) is 12.1 Å². The maximum atomic E-state index is 13.0. The summed E-state index contributed by atoms with van der Waals surface area (Å²) in [6, 6.07) is 9.69. The van der Waals surface area contributed by atoms with Crippen LogP contribution >= 0.6 is 0 Å². The van der Waals surface area contributed by atoms with Crippen molar-refractivity contribution in [2.24, 2.45) is 11.8 Å². The number of pyridine rings is 1. The van der Waals surface area contributed by atoms with Crippen LogP contribution < -0.4 is 5.32 Å². The second-order valence-electron chi connectivity index (χ2n) is 7.41. The Morgan fingerprint density at radius 2 is 1.64 bits per heavy atom. The van der Waals surface area contributed by atoms with Gasteiger partial charge in [0.05, 0.1) is 0 Å². The summed E-state index contributed by atoms with van der Waals surface area (Å²) in [7, 11) is 1.84. The van der Waals surface area contributed by atoms with Crippen LogP contribution in [0.1, 0.15) is 31.2 Å². The van der Waals surface area contributed by atoms with Crippen molar-refractivity contribution in [3.8, 4) is 0 Å². The predicted octanol–water partition coefficient (Wildman–Crippen LogP) is 3.67. The Morgan fingerprint density at radius 1 is 1.04 bits per heavy atom. The molecule has 2 aromatic rings. The summed E-state index contributed by atoms with van der Waals surface area (Å²) < 4.78 is 13.0. The lowest BCUT2D eigenvalue weighted by Gasteiger charge is -2.30. The van der Waals surface area contributed by atoms with Crippen LogP contribution in [-0.4, -0.2) is 35.3 Å². The lowest BCUT2D eigenvalue weighted by molar-refractivity contribution is -0.136. The molecule has 28 heavy (non-hydrogen) atoms. The highest BCUT2D eigenvalue weighted by atomic mass is 19.1. The van der Waals surface area contributed by atoms with Gasteiger partial charge in [-0.2, -0.15) is 0 Å². The molecular formula is C22H26FN3O2. The SMILES string of the molecule is CN(CCc1ccncc1)C(=O)C1CCC(C(=O)Nc2ccc(F)cc2)CC1. The molecule has 2 amide bonds. The average Bonchev–Trinajstić information content (AvgIpc) is 2.74. The van der Waals surface area contributed by atoms with Crippen LogP contribution in [0.2, 0.25) is 0 Å². The molecule has 1 aromatic heterocycles. The highest BCUT2D eigenvalue weighted by molar-refractivity contribution is 5.92. The molecule has 5 nitrogen and oxygen atoms in total. The molecule has 0 aliphatic heterocycles. The molecule has 148 valence electrons. The van der Waals surface area contributed by atoms with Gasteiger partial charge in [-0.05, 0) is 74.1 Å². The fraction of sp³-hybridized carbons (Fsp3) is 0.409. The summed E-state index contributed by atoms with van der Waals surface area (Å²) in [6.07, 6.45) is 7.16. The largest absolute Gasteiger partial charge is 0.345 e. The molecule has 3 rings (SSSR count). The van der Waals surface area contributed by atoms with Gasteiger partial charge in [0.25, 0.3) is 0 Å². The Balaban J connectivity index is 1.44. The summed E-state index contributed by atoms with van der Waals surface area (Å²) in [4.78, 5) is 30.9. The third-order valence-corrected chi connectivity index (χ3v) is 5.42. The topological polar surface area (TPSA) is 62.3 Å². The summed E-state index contributed by atoms with van der Waals surface area (Å²) in [5, 5.41) is 2.84. The van der Waals surface area contributed by atoms with Crippen LogP contribution in [0.4, 0.5) is 10.1 Å². The Kier molecular flexibility index (Phi) is 6.74. The van der Waals surface area contributed by atoms with E-state index in [-0.39, 0.29) is 29.5 Å². The summed E-state index contributed by atoms with van der Waals surface area (Å²) >= 11 is 0. The number of carbonyl (C=O) groups is 2. The average molecular weight is 383 g/mol. The highest BCUT2D eigenvalue weighted by Crippen LogP contribution is 2.31. The minimum Gasteiger partial charge on any atom is -0.345 e. The molecule has 1 aliphatic carbocycles. The molecule has 0 radical (unpaired) electrons. The van der Waals surface area contributed by atoms with Crippen molar-refractivity contribution < 1.29 is 14.0 Å². The number of aromatic nitrogens is 1. The molecule has 1 heterocycles. The molecule has 1 aliphatic rings. The first-order valence-corrected chi connectivity index (χ1v) is 9.73. The fourth-order valence-corrected chi connectivity index (χ4v) is 3.65. The second-order valence-corrected chi connectivity index (χ2v) is 7.41. The Morgan fingerprint density at radius 3 is 2.29 bits per heavy atom. The number of anilines is 1. The number of hydrogen-bond acceptors (Lipinski definition) is 3. The van der Waals surface area contributed by atoms with Gasteiger partial charge >= 0.3 is 0 Å². The van der Waals surface area contributed by atoms with E-state index in [9.17, 15) is 14.0 Å². The quantitative estimate of drug-likeness (QED) is 0.828. The van der Waals surface area contributed by atoms with Gasteiger partial charge < -0.3 is 10.2 Å². The first-order valence-electron chi connectivity index (χ1n) is 9.73. The fourth-order valence-electron chi connectivity index (χ4n) is 3.65. The monoisotopic (exact) mass is 383 g/mol. The zero-order valence-electron chi connectivity index (χ0n) is 16.1. The van der Waals surface area contributed by atoms with Crippen molar-refractivity contribution in [3.63, 3.8) is 0 Å². The first-order chi connectivity index (χ1) is 13.5. The van der Waals surface area contributed by atoms with Gasteiger partial charge in [0.1, 0.15) is 5.82 Å². The Bertz CT molecular complexity index is 787. The maximum Gasteiger partial charge on any atom is 0.227 e. The lowest BCUT2D eigenvalue weighted by Crippen LogP contribution is -2.37.